The normalized spacial score (nSPS) is 25.5. The van der Waals surface area contributed by atoms with Crippen molar-refractivity contribution in [2.24, 2.45) is 35.5 Å². The zero-order valence-electron chi connectivity index (χ0n) is 28.5. The number of carbonyl (C=O) groups is 6. The van der Waals surface area contributed by atoms with Crippen LogP contribution in [0.4, 0.5) is 11.4 Å². The van der Waals surface area contributed by atoms with E-state index in [0.29, 0.717) is 28.1 Å². The summed E-state index contributed by atoms with van der Waals surface area (Å²) in [7, 11) is 2.84. The van der Waals surface area contributed by atoms with Crippen molar-refractivity contribution in [3.63, 3.8) is 0 Å². The van der Waals surface area contributed by atoms with Gasteiger partial charge in [0.1, 0.15) is 0 Å². The molecule has 6 unspecified atom stereocenters. The smallest absolute Gasteiger partial charge is 0.238 e. The van der Waals surface area contributed by atoms with Gasteiger partial charge in [-0.1, -0.05) is 23.8 Å². The minimum atomic E-state index is -0.788. The molecule has 1 saturated carbocycles. The first kappa shape index (κ1) is 33.6. The molecule has 2 aliphatic carbocycles. The number of phenols is 1. The monoisotopic (exact) mass is 688 g/mol. The van der Waals surface area contributed by atoms with Crippen LogP contribution in [0.2, 0.25) is 0 Å². The molecular weight excluding hydrogens is 652 g/mol. The fourth-order valence-corrected chi connectivity index (χ4v) is 8.27. The molecule has 0 aromatic heterocycles. The van der Waals surface area contributed by atoms with Crippen LogP contribution in [0, 0.1) is 35.5 Å². The SMILES string of the molecule is COc1cc(C=CC2C3=CCC4C(=O)N(c5ccc(C(C)=O)cc5)C(=O)C4C3CC3C(=O)N(c4ccc(C(C)=O)cc4)C(=O)C23)cc(OC)c1O. The molecule has 0 spiro atoms. The molecule has 6 atom stereocenters. The molecule has 11 heteroatoms. The molecule has 2 heterocycles. The van der Waals surface area contributed by atoms with Crippen molar-refractivity contribution in [2.45, 2.75) is 26.7 Å². The summed E-state index contributed by atoms with van der Waals surface area (Å²) in [5.41, 5.74) is 3.05. The predicted octanol–water partition coefficient (Wildman–Crippen LogP) is 5.41. The van der Waals surface area contributed by atoms with Crippen molar-refractivity contribution >= 4 is 52.6 Å². The van der Waals surface area contributed by atoms with Gasteiger partial charge >= 0.3 is 0 Å². The number of ketones is 2. The molecule has 2 aliphatic heterocycles. The zero-order chi connectivity index (χ0) is 36.3. The number of rotatable bonds is 8. The summed E-state index contributed by atoms with van der Waals surface area (Å²) in [5, 5.41) is 10.5. The van der Waals surface area contributed by atoms with Crippen molar-refractivity contribution in [3.05, 3.63) is 95.1 Å². The fraction of sp³-hybridized carbons (Fsp3) is 0.300. The number of methoxy groups -OCH3 is 2. The Morgan fingerprint density at radius 2 is 1.20 bits per heavy atom. The van der Waals surface area contributed by atoms with E-state index in [9.17, 15) is 33.9 Å². The number of ether oxygens (including phenoxy) is 2. The molecule has 3 aromatic carbocycles. The summed E-state index contributed by atoms with van der Waals surface area (Å²) in [6.45, 7) is 2.88. The van der Waals surface area contributed by atoms with Crippen molar-refractivity contribution in [3.8, 4) is 17.2 Å². The molecule has 51 heavy (non-hydrogen) atoms. The average Bonchev–Trinajstić information content (AvgIpc) is 3.54. The third kappa shape index (κ3) is 5.44. The molecule has 3 fully saturated rings. The molecule has 0 radical (unpaired) electrons. The average molecular weight is 689 g/mol. The van der Waals surface area contributed by atoms with Gasteiger partial charge in [-0.25, -0.2) is 0 Å². The highest BCUT2D eigenvalue weighted by molar-refractivity contribution is 6.24. The number of aromatic hydroxyl groups is 1. The van der Waals surface area contributed by atoms with E-state index in [2.05, 4.69) is 0 Å². The Labute approximate surface area is 294 Å². The first-order valence-corrected chi connectivity index (χ1v) is 16.8. The van der Waals surface area contributed by atoms with Gasteiger partial charge in [-0.2, -0.15) is 0 Å². The maximum absolute atomic E-state index is 14.3. The summed E-state index contributed by atoms with van der Waals surface area (Å²) >= 11 is 0. The summed E-state index contributed by atoms with van der Waals surface area (Å²) in [6, 6.07) is 15.9. The molecule has 7 rings (SSSR count). The Kier molecular flexibility index (Phi) is 8.45. The van der Waals surface area contributed by atoms with E-state index in [-0.39, 0.29) is 53.5 Å². The minimum absolute atomic E-state index is 0.136. The molecule has 4 amide bonds. The second kappa shape index (κ2) is 12.8. The topological polar surface area (TPSA) is 148 Å². The van der Waals surface area contributed by atoms with Crippen LogP contribution in [0.15, 0.2) is 78.4 Å². The van der Waals surface area contributed by atoms with Crippen LogP contribution in [0.5, 0.6) is 17.2 Å². The lowest BCUT2D eigenvalue weighted by Crippen LogP contribution is -2.43. The number of carbonyl (C=O) groups excluding carboxylic acids is 6. The first-order valence-electron chi connectivity index (χ1n) is 16.8. The zero-order valence-corrected chi connectivity index (χ0v) is 28.5. The lowest BCUT2D eigenvalue weighted by Gasteiger charge is -2.42. The maximum Gasteiger partial charge on any atom is 0.238 e. The van der Waals surface area contributed by atoms with Crippen LogP contribution in [-0.4, -0.2) is 54.5 Å². The van der Waals surface area contributed by atoms with E-state index in [0.717, 1.165) is 5.57 Å². The van der Waals surface area contributed by atoms with Gasteiger partial charge in [0.15, 0.2) is 23.1 Å². The Morgan fingerprint density at radius 1 is 0.706 bits per heavy atom. The van der Waals surface area contributed by atoms with Gasteiger partial charge in [0, 0.05) is 17.0 Å². The summed E-state index contributed by atoms with van der Waals surface area (Å²) < 4.78 is 10.7. The van der Waals surface area contributed by atoms with Crippen LogP contribution < -0.4 is 19.3 Å². The lowest BCUT2D eigenvalue weighted by molar-refractivity contribution is -0.126. The summed E-state index contributed by atoms with van der Waals surface area (Å²) in [4.78, 5) is 82.8. The van der Waals surface area contributed by atoms with E-state index in [1.54, 1.807) is 66.7 Å². The van der Waals surface area contributed by atoms with Crippen LogP contribution >= 0.6 is 0 Å². The van der Waals surface area contributed by atoms with Crippen molar-refractivity contribution in [1.82, 2.24) is 0 Å². The number of fused-ring (bicyclic) bond motifs is 4. The van der Waals surface area contributed by atoms with Gasteiger partial charge in [-0.05, 0) is 98.8 Å². The van der Waals surface area contributed by atoms with E-state index >= 15 is 0 Å². The molecule has 260 valence electrons. The van der Waals surface area contributed by atoms with Crippen molar-refractivity contribution in [1.29, 1.82) is 0 Å². The molecule has 11 nitrogen and oxygen atoms in total. The van der Waals surface area contributed by atoms with Crippen LogP contribution in [0.1, 0.15) is 53.0 Å². The summed E-state index contributed by atoms with van der Waals surface area (Å²) in [5.74, 6) is -5.65. The Hall–Kier alpha value is -5.84. The van der Waals surface area contributed by atoms with Gasteiger partial charge in [-0.15, -0.1) is 0 Å². The second-order valence-corrected chi connectivity index (χ2v) is 13.4. The van der Waals surface area contributed by atoms with Crippen LogP contribution in [0.3, 0.4) is 0 Å². The van der Waals surface area contributed by atoms with Crippen molar-refractivity contribution in [2.75, 3.05) is 24.0 Å². The van der Waals surface area contributed by atoms with Crippen LogP contribution in [0.25, 0.3) is 6.08 Å². The molecule has 2 saturated heterocycles. The number of nitrogens with zero attached hydrogens (tertiary/aromatic N) is 2. The third-order valence-corrected chi connectivity index (χ3v) is 10.8. The number of phenolic OH excluding ortho intramolecular Hbond substituents is 1. The number of hydrogen-bond donors (Lipinski definition) is 1. The molecule has 0 bridgehead atoms. The van der Waals surface area contributed by atoms with Gasteiger partial charge in [0.25, 0.3) is 0 Å². The van der Waals surface area contributed by atoms with E-state index in [1.807, 2.05) is 12.2 Å². The first-order chi connectivity index (χ1) is 24.4. The van der Waals surface area contributed by atoms with Gasteiger partial charge < -0.3 is 14.6 Å². The quantitative estimate of drug-likeness (QED) is 0.187. The number of allylic oxidation sites excluding steroid dienone is 3. The van der Waals surface area contributed by atoms with E-state index in [4.69, 9.17) is 9.47 Å². The number of amides is 4. The number of anilines is 2. The number of hydrogen-bond acceptors (Lipinski definition) is 9. The standard InChI is InChI=1S/C40H36N2O9/c1-20(43)23-6-10-25(11-7-23)41-37(46)29-16-15-27-28(14-5-22-17-32(50-3)36(45)33(18-22)51-4)34-31(19-30(27)35(29)40(41)49)38(47)42(39(34)48)26-12-8-24(9-13-26)21(2)44/h5-15,17-18,28-31,34-35,45H,16,19H2,1-4H3. The fourth-order valence-electron chi connectivity index (χ4n) is 8.27. The van der Waals surface area contributed by atoms with E-state index < -0.39 is 47.3 Å². The number of benzene rings is 3. The van der Waals surface area contributed by atoms with Crippen molar-refractivity contribution < 1.29 is 43.3 Å². The van der Waals surface area contributed by atoms with E-state index in [1.165, 1.54) is 37.9 Å². The van der Waals surface area contributed by atoms with Gasteiger partial charge in [0.2, 0.25) is 29.4 Å². The number of Topliss-reactive ketones (excluding diaryl/α,β-unsaturated/α-hetero) is 2. The molecule has 3 aromatic rings. The third-order valence-electron chi connectivity index (χ3n) is 10.8. The highest BCUT2D eigenvalue weighted by Gasteiger charge is 2.61. The van der Waals surface area contributed by atoms with Gasteiger partial charge in [-0.3, -0.25) is 38.6 Å². The highest BCUT2D eigenvalue weighted by atomic mass is 16.5. The summed E-state index contributed by atoms with van der Waals surface area (Å²) in [6.07, 6.45) is 6.04. The molecular formula is C40H36N2O9. The Morgan fingerprint density at radius 3 is 1.69 bits per heavy atom. The lowest BCUT2D eigenvalue weighted by atomic mass is 9.58. The number of imide groups is 2. The highest BCUT2D eigenvalue weighted by Crippen LogP contribution is 2.56. The second-order valence-electron chi connectivity index (χ2n) is 13.4. The minimum Gasteiger partial charge on any atom is -0.502 e. The Balaban J connectivity index is 1.29. The molecule has 1 N–H and O–H groups in total. The van der Waals surface area contributed by atoms with Crippen LogP contribution in [-0.2, 0) is 19.2 Å². The maximum atomic E-state index is 14.3. The Bertz CT molecular complexity index is 2040. The molecule has 4 aliphatic rings. The largest absolute Gasteiger partial charge is 0.502 e. The predicted molar refractivity (Wildman–Crippen MR) is 186 cm³/mol. The van der Waals surface area contributed by atoms with Gasteiger partial charge in [0.05, 0.1) is 49.3 Å².